The van der Waals surface area contributed by atoms with E-state index >= 15 is 0 Å². The van der Waals surface area contributed by atoms with Crippen LogP contribution in [-0.4, -0.2) is 65.1 Å². The molecule has 0 spiro atoms. The molecule has 1 amide bonds. The average molecular weight is 505 g/mol. The van der Waals surface area contributed by atoms with Crippen molar-refractivity contribution >= 4 is 11.6 Å². The van der Waals surface area contributed by atoms with E-state index in [1.165, 1.54) is 12.1 Å². The van der Waals surface area contributed by atoms with Gasteiger partial charge in [-0.25, -0.2) is 4.39 Å². The predicted octanol–water partition coefficient (Wildman–Crippen LogP) is 2.66. The Morgan fingerprint density at radius 3 is 2.59 bits per heavy atom. The van der Waals surface area contributed by atoms with E-state index in [0.29, 0.717) is 29.9 Å². The maximum Gasteiger partial charge on any atom is 0.255 e. The second kappa shape index (κ2) is 11.0. The number of aliphatic hydroxyl groups is 1. The van der Waals surface area contributed by atoms with Gasteiger partial charge in [-0.15, -0.1) is 10.2 Å². The zero-order chi connectivity index (χ0) is 25.8. The van der Waals surface area contributed by atoms with Crippen molar-refractivity contribution < 1.29 is 14.3 Å². The summed E-state index contributed by atoms with van der Waals surface area (Å²) < 4.78 is 17.9. The molecule has 11 heteroatoms. The summed E-state index contributed by atoms with van der Waals surface area (Å²) >= 11 is 0. The number of amides is 1. The molecule has 37 heavy (non-hydrogen) atoms. The van der Waals surface area contributed by atoms with Crippen molar-refractivity contribution in [1.82, 2.24) is 34.9 Å². The quantitative estimate of drug-likeness (QED) is 0.379. The molecule has 192 valence electrons. The van der Waals surface area contributed by atoms with Gasteiger partial charge in [0.05, 0.1) is 18.0 Å². The number of aliphatic hydroxyl groups excluding tert-OH is 1. The number of nitrogens with zero attached hydrogens (tertiary/aromatic N) is 7. The number of aromatic nitrogens is 6. The lowest BCUT2D eigenvalue weighted by Crippen LogP contribution is -2.35. The highest BCUT2D eigenvalue weighted by Gasteiger charge is 2.17. The van der Waals surface area contributed by atoms with E-state index in [1.54, 1.807) is 40.8 Å². The highest BCUT2D eigenvalue weighted by Crippen LogP contribution is 2.25. The Labute approximate surface area is 213 Å². The first kappa shape index (κ1) is 24.7. The average Bonchev–Trinajstić information content (AvgIpc) is 3.54. The smallest absolute Gasteiger partial charge is 0.255 e. The molecule has 2 N–H and O–H groups in total. The van der Waals surface area contributed by atoms with Crippen molar-refractivity contribution in [2.24, 2.45) is 7.05 Å². The molecule has 4 aromatic rings. The van der Waals surface area contributed by atoms with Crippen LogP contribution in [0.1, 0.15) is 34.5 Å². The van der Waals surface area contributed by atoms with Crippen molar-refractivity contribution in [3.05, 3.63) is 77.5 Å². The fraction of sp³-hybridized carbons (Fsp3) is 0.346. The molecule has 0 aliphatic carbocycles. The first-order chi connectivity index (χ1) is 17.9. The van der Waals surface area contributed by atoms with E-state index in [1.807, 2.05) is 18.3 Å². The predicted molar refractivity (Wildman–Crippen MR) is 135 cm³/mol. The van der Waals surface area contributed by atoms with Gasteiger partial charge < -0.3 is 10.4 Å². The van der Waals surface area contributed by atoms with Gasteiger partial charge in [0.25, 0.3) is 5.91 Å². The number of aryl methyl sites for hydroxylation is 3. The fourth-order valence-electron chi connectivity index (χ4n) is 4.37. The summed E-state index contributed by atoms with van der Waals surface area (Å²) in [6.07, 6.45) is 5.50. The number of nitrogens with one attached hydrogen (secondary N) is 1. The summed E-state index contributed by atoms with van der Waals surface area (Å²) in [5.41, 5.74) is 3.55. The van der Waals surface area contributed by atoms with Crippen LogP contribution in [-0.2, 0) is 26.6 Å². The van der Waals surface area contributed by atoms with E-state index in [-0.39, 0.29) is 17.6 Å². The van der Waals surface area contributed by atoms with E-state index in [4.69, 9.17) is 0 Å². The van der Waals surface area contributed by atoms with Gasteiger partial charge >= 0.3 is 0 Å². The molecule has 2 aromatic carbocycles. The van der Waals surface area contributed by atoms with Crippen LogP contribution in [0.3, 0.4) is 0 Å². The molecule has 1 saturated heterocycles. The molecular formula is C26H29FN8O2. The molecule has 3 heterocycles. The Balaban J connectivity index is 1.21. The number of hydrogen-bond acceptors (Lipinski definition) is 7. The molecule has 0 atom stereocenters. The van der Waals surface area contributed by atoms with Gasteiger partial charge in [-0.2, -0.15) is 0 Å². The van der Waals surface area contributed by atoms with Gasteiger partial charge in [0.15, 0.2) is 0 Å². The molecule has 5 rings (SSSR count). The standard InChI is InChI=1S/C26H29FN8O2/c1-33-16-21(29-31-33)8-13-35-17-25(30-32-35)23-14-20(6-7-24(23)27)28-26(37)19-4-2-18(3-5-19)15-34-11-9-22(36)10-12-34/h2-7,14,16-17,22,36H,8-13,15H2,1H3,(H,28,37). The minimum absolute atomic E-state index is 0.198. The number of hydrogen-bond donors (Lipinski definition) is 2. The molecule has 0 unspecified atom stereocenters. The van der Waals surface area contributed by atoms with Crippen molar-refractivity contribution in [3.8, 4) is 11.3 Å². The van der Waals surface area contributed by atoms with Crippen LogP contribution in [0.15, 0.2) is 54.9 Å². The van der Waals surface area contributed by atoms with Crippen molar-refractivity contribution in [3.63, 3.8) is 0 Å². The third-order valence-electron chi connectivity index (χ3n) is 6.47. The second-order valence-corrected chi connectivity index (χ2v) is 9.35. The number of rotatable bonds is 8. The molecule has 2 aromatic heterocycles. The Kier molecular flexibility index (Phi) is 7.33. The Bertz CT molecular complexity index is 1360. The van der Waals surface area contributed by atoms with Crippen LogP contribution < -0.4 is 5.32 Å². The fourth-order valence-corrected chi connectivity index (χ4v) is 4.37. The number of benzene rings is 2. The van der Waals surface area contributed by atoms with E-state index in [0.717, 1.165) is 43.7 Å². The van der Waals surface area contributed by atoms with Crippen LogP contribution in [0.5, 0.6) is 0 Å². The normalized spacial score (nSPS) is 14.7. The van der Waals surface area contributed by atoms with Gasteiger partial charge in [-0.1, -0.05) is 22.6 Å². The molecule has 0 bridgehead atoms. The third kappa shape index (κ3) is 6.25. The third-order valence-corrected chi connectivity index (χ3v) is 6.47. The van der Waals surface area contributed by atoms with E-state index in [2.05, 4.69) is 30.8 Å². The maximum absolute atomic E-state index is 14.6. The summed E-state index contributed by atoms with van der Waals surface area (Å²) in [6.45, 7) is 3.05. The molecular weight excluding hydrogens is 475 g/mol. The number of anilines is 1. The molecule has 0 saturated carbocycles. The molecule has 1 aliphatic heterocycles. The summed E-state index contributed by atoms with van der Waals surface area (Å²) in [5, 5.41) is 28.7. The SMILES string of the molecule is Cn1cc(CCn2cc(-c3cc(NC(=O)c4ccc(CN5CCC(O)CC5)cc4)ccc3F)nn2)nn1. The number of carbonyl (C=O) groups excluding carboxylic acids is 1. The van der Waals surface area contributed by atoms with Gasteiger partial charge in [-0.05, 0) is 48.7 Å². The highest BCUT2D eigenvalue weighted by atomic mass is 19.1. The summed E-state index contributed by atoms with van der Waals surface area (Å²) in [6, 6.07) is 11.8. The highest BCUT2D eigenvalue weighted by molar-refractivity contribution is 6.04. The molecule has 0 radical (unpaired) electrons. The minimum Gasteiger partial charge on any atom is -0.393 e. The topological polar surface area (TPSA) is 114 Å². The summed E-state index contributed by atoms with van der Waals surface area (Å²) in [7, 11) is 1.80. The van der Waals surface area contributed by atoms with E-state index < -0.39 is 5.82 Å². The summed E-state index contributed by atoms with van der Waals surface area (Å²) in [5.74, 6) is -0.730. The lowest BCUT2D eigenvalue weighted by molar-refractivity contribution is 0.0792. The van der Waals surface area contributed by atoms with Crippen LogP contribution in [0.4, 0.5) is 10.1 Å². The Morgan fingerprint density at radius 1 is 1.08 bits per heavy atom. The monoisotopic (exact) mass is 504 g/mol. The van der Waals surface area contributed by atoms with Gasteiger partial charge in [0, 0.05) is 62.7 Å². The lowest BCUT2D eigenvalue weighted by Gasteiger charge is -2.29. The lowest BCUT2D eigenvalue weighted by atomic mass is 10.1. The minimum atomic E-state index is -0.450. The van der Waals surface area contributed by atoms with Crippen LogP contribution >= 0.6 is 0 Å². The first-order valence-corrected chi connectivity index (χ1v) is 12.3. The second-order valence-electron chi connectivity index (χ2n) is 9.35. The van der Waals surface area contributed by atoms with Crippen LogP contribution in [0.2, 0.25) is 0 Å². The molecule has 1 fully saturated rings. The van der Waals surface area contributed by atoms with Gasteiger partial charge in [0.1, 0.15) is 11.5 Å². The van der Waals surface area contributed by atoms with E-state index in [9.17, 15) is 14.3 Å². The summed E-state index contributed by atoms with van der Waals surface area (Å²) in [4.78, 5) is 15.1. The maximum atomic E-state index is 14.6. The number of piperidine rings is 1. The number of carbonyl (C=O) groups is 1. The largest absolute Gasteiger partial charge is 0.393 e. The van der Waals surface area contributed by atoms with Crippen molar-refractivity contribution in [1.29, 1.82) is 0 Å². The molecule has 10 nitrogen and oxygen atoms in total. The zero-order valence-electron chi connectivity index (χ0n) is 20.6. The zero-order valence-corrected chi connectivity index (χ0v) is 20.6. The molecule has 1 aliphatic rings. The van der Waals surface area contributed by atoms with Crippen LogP contribution in [0.25, 0.3) is 11.3 Å². The van der Waals surface area contributed by atoms with Crippen molar-refractivity contribution in [2.75, 3.05) is 18.4 Å². The first-order valence-electron chi connectivity index (χ1n) is 12.3. The van der Waals surface area contributed by atoms with Gasteiger partial charge in [-0.3, -0.25) is 19.1 Å². The Morgan fingerprint density at radius 2 is 1.86 bits per heavy atom. The number of halogens is 1. The Hall–Kier alpha value is -3.96. The van der Waals surface area contributed by atoms with Gasteiger partial charge in [0.2, 0.25) is 0 Å². The van der Waals surface area contributed by atoms with Crippen molar-refractivity contribution in [2.45, 2.75) is 38.5 Å². The number of likely N-dealkylation sites (tertiary alicyclic amines) is 1. The van der Waals surface area contributed by atoms with Crippen LogP contribution in [0, 0.1) is 5.82 Å².